The van der Waals surface area contributed by atoms with Crippen LogP contribution in [0.25, 0.3) is 11.4 Å². The Bertz CT molecular complexity index is 597. The molecule has 0 unspecified atom stereocenters. The van der Waals surface area contributed by atoms with Gasteiger partial charge < -0.3 is 15.6 Å². The molecule has 110 valence electrons. The Hall–Kier alpha value is -2.47. The van der Waals surface area contributed by atoms with E-state index in [1.807, 2.05) is 31.2 Å². The Kier molecular flexibility index (Phi) is 4.84. The molecule has 3 N–H and O–H groups in total. The monoisotopic (exact) mass is 287 g/mol. The normalized spacial score (nSPS) is 11.9. The minimum atomic E-state index is -0.946. The largest absolute Gasteiger partial charge is 0.494 e. The Morgan fingerprint density at radius 2 is 1.90 bits per heavy atom. The van der Waals surface area contributed by atoms with Gasteiger partial charge in [0.15, 0.2) is 5.82 Å². The zero-order valence-electron chi connectivity index (χ0n) is 11.7. The van der Waals surface area contributed by atoms with Crippen LogP contribution in [-0.4, -0.2) is 27.7 Å². The fourth-order valence-corrected chi connectivity index (χ4v) is 1.85. The van der Waals surface area contributed by atoms with Crippen LogP contribution in [0.4, 0.5) is 0 Å². The molecular formula is C15H17N3O3. The first-order chi connectivity index (χ1) is 10.1. The number of hydrogen-bond acceptors (Lipinski definition) is 5. The van der Waals surface area contributed by atoms with E-state index in [2.05, 4.69) is 9.97 Å². The van der Waals surface area contributed by atoms with Crippen LogP contribution in [-0.2, 0) is 4.79 Å². The van der Waals surface area contributed by atoms with E-state index in [9.17, 15) is 4.79 Å². The van der Waals surface area contributed by atoms with E-state index in [1.54, 1.807) is 12.4 Å². The third-order valence-corrected chi connectivity index (χ3v) is 2.92. The van der Waals surface area contributed by atoms with Crippen molar-refractivity contribution in [3.05, 3.63) is 42.2 Å². The van der Waals surface area contributed by atoms with Crippen LogP contribution >= 0.6 is 0 Å². The second-order valence-corrected chi connectivity index (χ2v) is 4.50. The molecule has 2 rings (SSSR count). The van der Waals surface area contributed by atoms with Gasteiger partial charge in [0.05, 0.1) is 13.0 Å². The van der Waals surface area contributed by atoms with Gasteiger partial charge in [-0.3, -0.25) is 4.79 Å². The van der Waals surface area contributed by atoms with Gasteiger partial charge in [-0.2, -0.15) is 0 Å². The number of carboxylic acids is 1. The molecule has 0 spiro atoms. The first-order valence-electron chi connectivity index (χ1n) is 6.62. The molecule has 6 heteroatoms. The Morgan fingerprint density at radius 3 is 2.43 bits per heavy atom. The van der Waals surface area contributed by atoms with Gasteiger partial charge in [0.25, 0.3) is 0 Å². The van der Waals surface area contributed by atoms with E-state index in [1.165, 1.54) is 0 Å². The number of hydrogen-bond donors (Lipinski definition) is 2. The summed E-state index contributed by atoms with van der Waals surface area (Å²) in [5.74, 6) is 0.406. The highest BCUT2D eigenvalue weighted by molar-refractivity contribution is 5.67. The predicted octanol–water partition coefficient (Wildman–Crippen LogP) is 2.02. The molecule has 1 atom stereocenters. The maximum absolute atomic E-state index is 10.6. The molecule has 0 bridgehead atoms. The first-order valence-corrected chi connectivity index (χ1v) is 6.62. The number of aromatic nitrogens is 2. The summed E-state index contributed by atoms with van der Waals surface area (Å²) in [5.41, 5.74) is 7.22. The van der Waals surface area contributed by atoms with Crippen molar-refractivity contribution in [2.75, 3.05) is 6.61 Å². The van der Waals surface area contributed by atoms with E-state index < -0.39 is 12.0 Å². The maximum atomic E-state index is 10.6. The SMILES string of the molecule is CCOc1ccc(-c2ncc([C@H](N)CC(=O)O)cn2)cc1. The van der Waals surface area contributed by atoms with Crippen LogP contribution < -0.4 is 10.5 Å². The molecule has 0 fully saturated rings. The first kappa shape index (κ1) is 14.9. The van der Waals surface area contributed by atoms with Gasteiger partial charge in [0.2, 0.25) is 0 Å². The van der Waals surface area contributed by atoms with Crippen molar-refractivity contribution >= 4 is 5.97 Å². The number of rotatable bonds is 6. The van der Waals surface area contributed by atoms with Crippen LogP contribution in [0.2, 0.25) is 0 Å². The summed E-state index contributed by atoms with van der Waals surface area (Å²) in [6, 6.07) is 6.85. The fraction of sp³-hybridized carbons (Fsp3) is 0.267. The number of nitrogens with zero attached hydrogens (tertiary/aromatic N) is 2. The molecule has 1 aromatic heterocycles. The lowest BCUT2D eigenvalue weighted by Gasteiger charge is -2.09. The van der Waals surface area contributed by atoms with Gasteiger partial charge >= 0.3 is 5.97 Å². The summed E-state index contributed by atoms with van der Waals surface area (Å²) in [7, 11) is 0. The third kappa shape index (κ3) is 4.00. The quantitative estimate of drug-likeness (QED) is 0.843. The van der Waals surface area contributed by atoms with E-state index in [0.717, 1.165) is 11.3 Å². The number of carboxylic acid groups (broad SMARTS) is 1. The smallest absolute Gasteiger partial charge is 0.305 e. The van der Waals surface area contributed by atoms with Crippen molar-refractivity contribution in [3.8, 4) is 17.1 Å². The Labute approximate surface area is 122 Å². The van der Waals surface area contributed by atoms with E-state index in [-0.39, 0.29) is 6.42 Å². The summed E-state index contributed by atoms with van der Waals surface area (Å²) in [4.78, 5) is 19.1. The average Bonchev–Trinajstić information content (AvgIpc) is 2.48. The van der Waals surface area contributed by atoms with Crippen LogP contribution in [0.15, 0.2) is 36.7 Å². The van der Waals surface area contributed by atoms with Gasteiger partial charge in [-0.25, -0.2) is 9.97 Å². The van der Waals surface area contributed by atoms with Gasteiger partial charge in [0, 0.05) is 29.6 Å². The Balaban J connectivity index is 2.12. The van der Waals surface area contributed by atoms with E-state index >= 15 is 0 Å². The lowest BCUT2D eigenvalue weighted by molar-refractivity contribution is -0.137. The van der Waals surface area contributed by atoms with Crippen molar-refractivity contribution in [2.45, 2.75) is 19.4 Å². The number of ether oxygens (including phenoxy) is 1. The molecule has 0 amide bonds. The number of nitrogens with two attached hydrogens (primary N) is 1. The van der Waals surface area contributed by atoms with Crippen LogP contribution in [0.5, 0.6) is 5.75 Å². The van der Waals surface area contributed by atoms with Gasteiger partial charge in [-0.1, -0.05) is 0 Å². The van der Waals surface area contributed by atoms with Crippen LogP contribution in [0, 0.1) is 0 Å². The molecule has 0 aliphatic heterocycles. The zero-order chi connectivity index (χ0) is 15.2. The van der Waals surface area contributed by atoms with Crippen molar-refractivity contribution in [2.24, 2.45) is 5.73 Å². The summed E-state index contributed by atoms with van der Waals surface area (Å²) in [6.07, 6.45) is 2.98. The molecule has 6 nitrogen and oxygen atoms in total. The summed E-state index contributed by atoms with van der Waals surface area (Å²) < 4.78 is 5.37. The molecule has 0 radical (unpaired) electrons. The molecule has 1 aromatic carbocycles. The molecule has 0 saturated carbocycles. The lowest BCUT2D eigenvalue weighted by atomic mass is 10.1. The molecule has 2 aromatic rings. The minimum Gasteiger partial charge on any atom is -0.494 e. The predicted molar refractivity (Wildman–Crippen MR) is 77.8 cm³/mol. The van der Waals surface area contributed by atoms with Crippen LogP contribution in [0.1, 0.15) is 24.9 Å². The van der Waals surface area contributed by atoms with Crippen LogP contribution in [0.3, 0.4) is 0 Å². The summed E-state index contributed by atoms with van der Waals surface area (Å²) >= 11 is 0. The minimum absolute atomic E-state index is 0.147. The second kappa shape index (κ2) is 6.81. The number of aliphatic carboxylic acids is 1. The molecular weight excluding hydrogens is 270 g/mol. The van der Waals surface area contributed by atoms with E-state index in [0.29, 0.717) is 18.0 Å². The van der Waals surface area contributed by atoms with Crippen molar-refractivity contribution in [3.63, 3.8) is 0 Å². The fourth-order valence-electron chi connectivity index (χ4n) is 1.85. The highest BCUT2D eigenvalue weighted by Gasteiger charge is 2.12. The number of benzene rings is 1. The summed E-state index contributed by atoms with van der Waals surface area (Å²) in [5, 5.41) is 8.71. The molecule has 1 heterocycles. The van der Waals surface area contributed by atoms with Gasteiger partial charge in [0.1, 0.15) is 5.75 Å². The molecule has 0 saturated heterocycles. The number of carbonyl (C=O) groups is 1. The Morgan fingerprint density at radius 1 is 1.29 bits per heavy atom. The summed E-state index contributed by atoms with van der Waals surface area (Å²) in [6.45, 7) is 2.54. The second-order valence-electron chi connectivity index (χ2n) is 4.50. The highest BCUT2D eigenvalue weighted by Crippen LogP contribution is 2.20. The highest BCUT2D eigenvalue weighted by atomic mass is 16.5. The van der Waals surface area contributed by atoms with Crippen molar-refractivity contribution in [1.82, 2.24) is 9.97 Å². The van der Waals surface area contributed by atoms with Gasteiger partial charge in [-0.05, 0) is 31.2 Å². The molecule has 0 aliphatic rings. The third-order valence-electron chi connectivity index (χ3n) is 2.92. The maximum Gasteiger partial charge on any atom is 0.305 e. The molecule has 21 heavy (non-hydrogen) atoms. The lowest BCUT2D eigenvalue weighted by Crippen LogP contribution is -2.15. The molecule has 0 aliphatic carbocycles. The van der Waals surface area contributed by atoms with Gasteiger partial charge in [-0.15, -0.1) is 0 Å². The van der Waals surface area contributed by atoms with E-state index in [4.69, 9.17) is 15.6 Å². The zero-order valence-corrected chi connectivity index (χ0v) is 11.7. The van der Waals surface area contributed by atoms with Crippen molar-refractivity contribution < 1.29 is 14.6 Å². The average molecular weight is 287 g/mol. The topological polar surface area (TPSA) is 98.3 Å². The van der Waals surface area contributed by atoms with Crippen molar-refractivity contribution in [1.29, 1.82) is 0 Å². The standard InChI is InChI=1S/C15H17N3O3/c1-2-21-12-5-3-10(4-6-12)15-17-8-11(9-18-15)13(16)7-14(19)20/h3-6,8-9,13H,2,7,16H2,1H3,(H,19,20)/t13-/m1/s1.